The minimum Gasteiger partial charge on any atom is -0.497 e. The number of rotatable bonds is 9. The number of hydrogen-bond acceptors (Lipinski definition) is 4. The number of aliphatic imine (C=N–C) groups is 1. The van der Waals surface area contributed by atoms with Gasteiger partial charge in [-0.2, -0.15) is 8.78 Å². The highest BCUT2D eigenvalue weighted by Gasteiger charge is 2.12. The molecule has 2 aromatic rings. The first-order valence-corrected chi connectivity index (χ1v) is 10.2. The van der Waals surface area contributed by atoms with Crippen molar-refractivity contribution >= 4 is 35.6 Å². The molecule has 0 aromatic heterocycles. The Labute approximate surface area is 204 Å². The van der Waals surface area contributed by atoms with Gasteiger partial charge in [0, 0.05) is 37.4 Å². The number of anilines is 1. The number of methoxy groups -OCH3 is 1. The van der Waals surface area contributed by atoms with E-state index in [9.17, 15) is 8.78 Å². The Hall–Kier alpha value is -2.56. The molecule has 0 saturated heterocycles. The second-order valence-corrected chi connectivity index (χ2v) is 6.94. The Balaban J connectivity index is 0.00000363. The SMILES string of the molecule is CCNC(=NCc1ccc(N2CC=CC2)cc1)NCc1cc(OC)ccc1OC(F)F.I. The third-order valence-electron chi connectivity index (χ3n) is 4.81. The number of hydrogen-bond donors (Lipinski definition) is 2. The third kappa shape index (κ3) is 7.54. The summed E-state index contributed by atoms with van der Waals surface area (Å²) >= 11 is 0. The molecule has 1 aliphatic heterocycles. The molecule has 0 fully saturated rings. The number of ether oxygens (including phenoxy) is 2. The number of nitrogens with one attached hydrogen (secondary N) is 2. The van der Waals surface area contributed by atoms with Crippen LogP contribution in [0, 0.1) is 0 Å². The average molecular weight is 558 g/mol. The maximum absolute atomic E-state index is 12.7. The van der Waals surface area contributed by atoms with Crippen LogP contribution in [0.25, 0.3) is 0 Å². The number of guanidine groups is 1. The van der Waals surface area contributed by atoms with E-state index in [0.29, 0.717) is 30.4 Å². The van der Waals surface area contributed by atoms with Gasteiger partial charge in [0.1, 0.15) is 11.5 Å². The summed E-state index contributed by atoms with van der Waals surface area (Å²) in [6.07, 6.45) is 4.32. The Morgan fingerprint density at radius 1 is 1.09 bits per heavy atom. The first-order chi connectivity index (χ1) is 15.1. The monoisotopic (exact) mass is 558 g/mol. The van der Waals surface area contributed by atoms with Gasteiger partial charge in [-0.3, -0.25) is 0 Å². The summed E-state index contributed by atoms with van der Waals surface area (Å²) in [5, 5.41) is 6.34. The normalized spacial score (nSPS) is 13.2. The van der Waals surface area contributed by atoms with Crippen molar-refractivity contribution in [3.63, 3.8) is 0 Å². The minimum absolute atomic E-state index is 0. The van der Waals surface area contributed by atoms with Crippen molar-refractivity contribution in [3.8, 4) is 11.5 Å². The molecule has 2 aromatic carbocycles. The van der Waals surface area contributed by atoms with E-state index in [-0.39, 0.29) is 36.3 Å². The summed E-state index contributed by atoms with van der Waals surface area (Å²) in [7, 11) is 1.53. The van der Waals surface area contributed by atoms with Crippen LogP contribution in [0.3, 0.4) is 0 Å². The molecular weight excluding hydrogens is 529 g/mol. The molecule has 174 valence electrons. The topological polar surface area (TPSA) is 58.1 Å². The summed E-state index contributed by atoms with van der Waals surface area (Å²) in [5.41, 5.74) is 2.82. The third-order valence-corrected chi connectivity index (χ3v) is 4.81. The van der Waals surface area contributed by atoms with Crippen LogP contribution in [0.2, 0.25) is 0 Å². The highest BCUT2D eigenvalue weighted by atomic mass is 127. The van der Waals surface area contributed by atoms with Gasteiger partial charge in [0.15, 0.2) is 5.96 Å². The lowest BCUT2D eigenvalue weighted by Gasteiger charge is -2.17. The van der Waals surface area contributed by atoms with Crippen molar-refractivity contribution in [2.24, 2.45) is 4.99 Å². The van der Waals surface area contributed by atoms with Crippen LogP contribution in [0.4, 0.5) is 14.5 Å². The van der Waals surface area contributed by atoms with Crippen molar-refractivity contribution in [3.05, 3.63) is 65.7 Å². The molecule has 1 heterocycles. The lowest BCUT2D eigenvalue weighted by molar-refractivity contribution is -0.0504. The molecule has 0 unspecified atom stereocenters. The van der Waals surface area contributed by atoms with E-state index in [2.05, 4.69) is 61.7 Å². The lowest BCUT2D eigenvalue weighted by atomic mass is 10.2. The Morgan fingerprint density at radius 2 is 1.81 bits per heavy atom. The van der Waals surface area contributed by atoms with Gasteiger partial charge in [-0.15, -0.1) is 24.0 Å². The molecule has 0 aliphatic carbocycles. The first-order valence-electron chi connectivity index (χ1n) is 10.2. The molecule has 9 heteroatoms. The van der Waals surface area contributed by atoms with Gasteiger partial charge < -0.3 is 25.0 Å². The molecule has 1 aliphatic rings. The fourth-order valence-corrected chi connectivity index (χ4v) is 3.22. The van der Waals surface area contributed by atoms with Gasteiger partial charge in [-0.05, 0) is 42.8 Å². The lowest BCUT2D eigenvalue weighted by Crippen LogP contribution is -2.36. The molecular formula is C23H29F2IN4O2. The molecule has 3 rings (SSSR count). The molecule has 0 radical (unpaired) electrons. The molecule has 0 saturated carbocycles. The van der Waals surface area contributed by atoms with E-state index >= 15 is 0 Å². The number of halogens is 3. The number of alkyl halides is 2. The fraction of sp³-hybridized carbons (Fsp3) is 0.348. The van der Waals surface area contributed by atoms with E-state index in [1.165, 1.54) is 18.9 Å². The zero-order valence-electron chi connectivity index (χ0n) is 18.2. The van der Waals surface area contributed by atoms with E-state index in [0.717, 1.165) is 18.7 Å². The second kappa shape index (κ2) is 13.1. The number of benzene rings is 2. The van der Waals surface area contributed by atoms with E-state index in [1.54, 1.807) is 12.1 Å². The van der Waals surface area contributed by atoms with Crippen molar-refractivity contribution < 1.29 is 18.3 Å². The van der Waals surface area contributed by atoms with E-state index < -0.39 is 6.61 Å². The largest absolute Gasteiger partial charge is 0.497 e. The van der Waals surface area contributed by atoms with Gasteiger partial charge >= 0.3 is 6.61 Å². The van der Waals surface area contributed by atoms with Crippen molar-refractivity contribution in [2.45, 2.75) is 26.6 Å². The van der Waals surface area contributed by atoms with Gasteiger partial charge in [0.25, 0.3) is 0 Å². The predicted molar refractivity (Wildman–Crippen MR) is 134 cm³/mol. The first kappa shape index (κ1) is 25.7. The highest BCUT2D eigenvalue weighted by Crippen LogP contribution is 2.25. The van der Waals surface area contributed by atoms with Crippen LogP contribution in [-0.2, 0) is 13.1 Å². The number of nitrogens with zero attached hydrogens (tertiary/aromatic N) is 2. The molecule has 0 atom stereocenters. The van der Waals surface area contributed by atoms with Crippen LogP contribution < -0.4 is 25.0 Å². The summed E-state index contributed by atoms with van der Waals surface area (Å²) < 4.78 is 35.3. The summed E-state index contributed by atoms with van der Waals surface area (Å²) in [6, 6.07) is 13.1. The predicted octanol–water partition coefficient (Wildman–Crippen LogP) is 4.55. The standard InChI is InChI=1S/C23H28F2N4O2.HI/c1-3-26-23(27-15-17-6-8-19(9-7-17)29-12-4-5-13-29)28-16-18-14-20(30-2)10-11-21(18)31-22(24)25;/h4-11,14,22H,3,12-13,15-16H2,1-2H3,(H2,26,27,28);1H. The maximum atomic E-state index is 12.7. The minimum atomic E-state index is -2.90. The van der Waals surface area contributed by atoms with Gasteiger partial charge in [-0.1, -0.05) is 24.3 Å². The zero-order chi connectivity index (χ0) is 22.1. The molecule has 32 heavy (non-hydrogen) atoms. The van der Waals surface area contributed by atoms with Crippen molar-refractivity contribution in [1.29, 1.82) is 0 Å². The van der Waals surface area contributed by atoms with Crippen molar-refractivity contribution in [2.75, 3.05) is 31.6 Å². The summed E-state index contributed by atoms with van der Waals surface area (Å²) in [5.74, 6) is 1.25. The Kier molecular flexibility index (Phi) is 10.5. The molecule has 0 bridgehead atoms. The fourth-order valence-electron chi connectivity index (χ4n) is 3.22. The zero-order valence-corrected chi connectivity index (χ0v) is 20.5. The van der Waals surface area contributed by atoms with Gasteiger partial charge in [0.2, 0.25) is 0 Å². The quantitative estimate of drug-likeness (QED) is 0.205. The molecule has 0 amide bonds. The smallest absolute Gasteiger partial charge is 0.387 e. The van der Waals surface area contributed by atoms with Crippen molar-refractivity contribution in [1.82, 2.24) is 10.6 Å². The second-order valence-electron chi connectivity index (χ2n) is 6.94. The average Bonchev–Trinajstić information content (AvgIpc) is 3.31. The van der Waals surface area contributed by atoms with Crippen LogP contribution in [0.5, 0.6) is 11.5 Å². The highest BCUT2D eigenvalue weighted by molar-refractivity contribution is 14.0. The molecule has 0 spiro atoms. The van der Waals surface area contributed by atoms with E-state index in [4.69, 9.17) is 4.74 Å². The van der Waals surface area contributed by atoms with Gasteiger partial charge in [0.05, 0.1) is 13.7 Å². The summed E-state index contributed by atoms with van der Waals surface area (Å²) in [6.45, 7) is 2.37. The van der Waals surface area contributed by atoms with Crippen LogP contribution in [0.1, 0.15) is 18.1 Å². The van der Waals surface area contributed by atoms with Crippen LogP contribution in [0.15, 0.2) is 59.6 Å². The summed E-state index contributed by atoms with van der Waals surface area (Å²) in [4.78, 5) is 6.89. The maximum Gasteiger partial charge on any atom is 0.387 e. The van der Waals surface area contributed by atoms with Gasteiger partial charge in [-0.25, -0.2) is 4.99 Å². The Bertz CT molecular complexity index is 899. The van der Waals surface area contributed by atoms with Crippen LogP contribution in [-0.4, -0.2) is 39.3 Å². The Morgan fingerprint density at radius 3 is 2.44 bits per heavy atom. The van der Waals surface area contributed by atoms with Crippen LogP contribution >= 0.6 is 24.0 Å². The van der Waals surface area contributed by atoms with E-state index in [1.807, 2.05) is 6.92 Å². The molecule has 2 N–H and O–H groups in total. The molecule has 6 nitrogen and oxygen atoms in total.